The molecule has 1 atom stereocenters. The molecule has 1 N–H and O–H groups in total. The number of carbonyl (C=O) groups is 1. The number of ether oxygens (including phenoxy) is 2. The molecule has 1 aliphatic heterocycles. The molecule has 1 saturated heterocycles. The smallest absolute Gasteiger partial charge is 0.311 e. The number of cyclic esters (lactones) is 1. The lowest BCUT2D eigenvalue weighted by atomic mass is 9.78. The molecule has 1 aromatic carbocycles. The van der Waals surface area contributed by atoms with Crippen LogP contribution in [0.4, 0.5) is 5.69 Å². The number of nitro benzene ring substituents is 1. The fourth-order valence-electron chi connectivity index (χ4n) is 2.31. The van der Waals surface area contributed by atoms with Crippen molar-refractivity contribution in [2.45, 2.75) is 26.1 Å². The Morgan fingerprint density at radius 1 is 1.45 bits per heavy atom. The zero-order chi connectivity index (χ0) is 15.1. The molecule has 0 saturated carbocycles. The van der Waals surface area contributed by atoms with E-state index in [2.05, 4.69) is 0 Å². The van der Waals surface area contributed by atoms with Crippen LogP contribution in [0.3, 0.4) is 0 Å². The minimum atomic E-state index is -1.89. The van der Waals surface area contributed by atoms with E-state index >= 15 is 0 Å². The average Bonchev–Trinajstić information content (AvgIpc) is 2.57. The third-order valence-corrected chi connectivity index (χ3v) is 3.53. The summed E-state index contributed by atoms with van der Waals surface area (Å²) >= 11 is 0. The first kappa shape index (κ1) is 14.3. The number of benzene rings is 1. The van der Waals surface area contributed by atoms with Crippen LogP contribution in [0.5, 0.6) is 5.75 Å². The lowest BCUT2D eigenvalue weighted by molar-refractivity contribution is -0.386. The summed E-state index contributed by atoms with van der Waals surface area (Å²) in [5.74, 6) is -2.36. The quantitative estimate of drug-likeness (QED) is 0.514. The molecule has 0 radical (unpaired) electrons. The molecule has 2 rings (SSSR count). The van der Waals surface area contributed by atoms with Crippen LogP contribution in [0, 0.1) is 15.5 Å². The van der Waals surface area contributed by atoms with Crippen LogP contribution in [-0.4, -0.2) is 23.1 Å². The van der Waals surface area contributed by atoms with E-state index in [0.717, 1.165) is 0 Å². The van der Waals surface area contributed by atoms with Crippen LogP contribution in [0.2, 0.25) is 0 Å². The number of methoxy groups -OCH3 is 1. The summed E-state index contributed by atoms with van der Waals surface area (Å²) in [4.78, 5) is 21.8. The first-order chi connectivity index (χ1) is 9.21. The number of rotatable bonds is 3. The molecule has 7 heteroatoms. The first-order valence-corrected chi connectivity index (χ1v) is 5.98. The fraction of sp³-hybridized carbons (Fsp3) is 0.462. The Kier molecular flexibility index (Phi) is 3.17. The van der Waals surface area contributed by atoms with Gasteiger partial charge in [0.2, 0.25) is 5.79 Å². The van der Waals surface area contributed by atoms with Crippen molar-refractivity contribution in [2.75, 3.05) is 7.11 Å². The van der Waals surface area contributed by atoms with Gasteiger partial charge in [-0.1, -0.05) is 13.8 Å². The molecule has 1 fully saturated rings. The van der Waals surface area contributed by atoms with Gasteiger partial charge in [-0.05, 0) is 12.1 Å². The highest BCUT2D eigenvalue weighted by atomic mass is 16.7. The lowest BCUT2D eigenvalue weighted by Gasteiger charge is -2.33. The first-order valence-electron chi connectivity index (χ1n) is 5.98. The van der Waals surface area contributed by atoms with Crippen molar-refractivity contribution in [3.63, 3.8) is 0 Å². The summed E-state index contributed by atoms with van der Waals surface area (Å²) in [5, 5.41) is 21.6. The minimum Gasteiger partial charge on any atom is -0.490 e. The van der Waals surface area contributed by atoms with E-state index < -0.39 is 22.1 Å². The van der Waals surface area contributed by atoms with Gasteiger partial charge < -0.3 is 14.6 Å². The van der Waals surface area contributed by atoms with E-state index in [4.69, 9.17) is 9.47 Å². The molecule has 20 heavy (non-hydrogen) atoms. The van der Waals surface area contributed by atoms with E-state index in [-0.39, 0.29) is 23.4 Å². The summed E-state index contributed by atoms with van der Waals surface area (Å²) in [6.45, 7) is 3.32. The average molecular weight is 281 g/mol. The molecule has 0 aliphatic carbocycles. The number of hydrogen-bond acceptors (Lipinski definition) is 6. The third-order valence-electron chi connectivity index (χ3n) is 3.53. The van der Waals surface area contributed by atoms with Gasteiger partial charge in [0.1, 0.15) is 0 Å². The molecule has 7 nitrogen and oxygen atoms in total. The highest BCUT2D eigenvalue weighted by Crippen LogP contribution is 2.49. The van der Waals surface area contributed by atoms with Crippen LogP contribution in [0.15, 0.2) is 18.2 Å². The van der Waals surface area contributed by atoms with Crippen LogP contribution in [0.1, 0.15) is 25.8 Å². The Morgan fingerprint density at radius 3 is 2.55 bits per heavy atom. The summed E-state index contributed by atoms with van der Waals surface area (Å²) in [6.07, 6.45) is 0.0311. The number of esters is 1. The highest BCUT2D eigenvalue weighted by molar-refractivity contribution is 5.74. The molecule has 0 spiro atoms. The van der Waals surface area contributed by atoms with Gasteiger partial charge in [-0.25, -0.2) is 0 Å². The van der Waals surface area contributed by atoms with Crippen molar-refractivity contribution in [3.05, 3.63) is 33.9 Å². The van der Waals surface area contributed by atoms with Gasteiger partial charge in [0.25, 0.3) is 0 Å². The van der Waals surface area contributed by atoms with E-state index in [1.807, 2.05) is 0 Å². The molecular weight excluding hydrogens is 266 g/mol. The number of nitro groups is 1. The number of nitrogens with zero attached hydrogens (tertiary/aromatic N) is 1. The topological polar surface area (TPSA) is 98.9 Å². The molecular formula is C13H15NO6. The van der Waals surface area contributed by atoms with Crippen molar-refractivity contribution in [3.8, 4) is 5.75 Å². The molecule has 108 valence electrons. The summed E-state index contributed by atoms with van der Waals surface area (Å²) < 4.78 is 9.91. The maximum absolute atomic E-state index is 11.4. The number of hydrogen-bond donors (Lipinski definition) is 1. The van der Waals surface area contributed by atoms with Crippen molar-refractivity contribution < 1.29 is 24.3 Å². The van der Waals surface area contributed by atoms with Gasteiger partial charge in [-0.3, -0.25) is 14.9 Å². The van der Waals surface area contributed by atoms with Gasteiger partial charge in [0, 0.05) is 17.0 Å². The maximum atomic E-state index is 11.4. The second-order valence-corrected chi connectivity index (χ2v) is 5.32. The van der Waals surface area contributed by atoms with Crippen LogP contribution >= 0.6 is 0 Å². The van der Waals surface area contributed by atoms with Crippen molar-refractivity contribution in [1.29, 1.82) is 0 Å². The summed E-state index contributed by atoms with van der Waals surface area (Å²) in [6, 6.07) is 3.99. The molecule has 1 aromatic rings. The van der Waals surface area contributed by atoms with Crippen LogP contribution < -0.4 is 4.74 Å². The third kappa shape index (κ3) is 2.00. The lowest BCUT2D eigenvalue weighted by Crippen LogP contribution is -2.38. The Bertz CT molecular complexity index is 582. The van der Waals surface area contributed by atoms with E-state index in [0.29, 0.717) is 0 Å². The van der Waals surface area contributed by atoms with Gasteiger partial charge >= 0.3 is 11.7 Å². The number of carbonyl (C=O) groups excluding carboxylic acids is 1. The van der Waals surface area contributed by atoms with Gasteiger partial charge in [0.05, 0.1) is 18.5 Å². The summed E-state index contributed by atoms with van der Waals surface area (Å²) in [5.41, 5.74) is -1.02. The minimum absolute atomic E-state index is 0.0311. The second-order valence-electron chi connectivity index (χ2n) is 5.32. The molecule has 1 aliphatic rings. The van der Waals surface area contributed by atoms with Crippen molar-refractivity contribution in [2.24, 2.45) is 5.41 Å². The van der Waals surface area contributed by atoms with Crippen molar-refractivity contribution >= 4 is 11.7 Å². The van der Waals surface area contributed by atoms with Crippen LogP contribution in [-0.2, 0) is 15.3 Å². The van der Waals surface area contributed by atoms with E-state index in [1.165, 1.54) is 25.3 Å². The van der Waals surface area contributed by atoms with E-state index in [9.17, 15) is 20.0 Å². The number of aliphatic hydroxyl groups is 1. The molecule has 0 bridgehead atoms. The van der Waals surface area contributed by atoms with Gasteiger partial charge in [-0.2, -0.15) is 0 Å². The predicted octanol–water partition coefficient (Wildman–Crippen LogP) is 1.72. The SMILES string of the molecule is COc1ccc(C2(O)OC(=O)CC2(C)C)cc1[N+](=O)[O-]. The molecule has 1 unspecified atom stereocenters. The van der Waals surface area contributed by atoms with Crippen molar-refractivity contribution in [1.82, 2.24) is 0 Å². The largest absolute Gasteiger partial charge is 0.490 e. The van der Waals surface area contributed by atoms with Crippen LogP contribution in [0.25, 0.3) is 0 Å². The maximum Gasteiger partial charge on any atom is 0.311 e. The molecule has 0 aromatic heterocycles. The summed E-state index contributed by atoms with van der Waals surface area (Å²) in [7, 11) is 1.32. The zero-order valence-electron chi connectivity index (χ0n) is 11.4. The zero-order valence-corrected chi connectivity index (χ0v) is 11.4. The highest BCUT2D eigenvalue weighted by Gasteiger charge is 2.56. The van der Waals surface area contributed by atoms with Gasteiger partial charge in [0.15, 0.2) is 5.75 Å². The van der Waals surface area contributed by atoms with E-state index in [1.54, 1.807) is 13.8 Å². The Morgan fingerprint density at radius 2 is 2.10 bits per heavy atom. The fourth-order valence-corrected chi connectivity index (χ4v) is 2.31. The monoisotopic (exact) mass is 281 g/mol. The Hall–Kier alpha value is -2.15. The molecule has 1 heterocycles. The standard InChI is InChI=1S/C13H15NO6/c1-12(2)7-11(15)20-13(12,16)8-4-5-10(19-3)9(6-8)14(17)18/h4-6,16H,7H2,1-3H3. The Balaban J connectivity index is 2.56. The Labute approximate surface area is 115 Å². The van der Waals surface area contributed by atoms with Gasteiger partial charge in [-0.15, -0.1) is 0 Å². The molecule has 0 amide bonds. The second kappa shape index (κ2) is 4.45. The predicted molar refractivity (Wildman–Crippen MR) is 68.0 cm³/mol. The normalized spacial score (nSPS) is 24.3.